The van der Waals surface area contributed by atoms with Crippen LogP contribution in [0.25, 0.3) is 0 Å². The lowest BCUT2D eigenvalue weighted by atomic mass is 9.87. The zero-order valence-corrected chi connectivity index (χ0v) is 8.65. The van der Waals surface area contributed by atoms with Crippen LogP contribution >= 0.6 is 0 Å². The summed E-state index contributed by atoms with van der Waals surface area (Å²) < 4.78 is 5.47. The average molecular weight is 227 g/mol. The molecule has 7 heteroatoms. The lowest BCUT2D eigenvalue weighted by Crippen LogP contribution is -2.48. The molecule has 1 fully saturated rings. The van der Waals surface area contributed by atoms with Gasteiger partial charge in [-0.2, -0.15) is 10.2 Å². The Hall–Kier alpha value is -1.34. The molecule has 0 aromatic carbocycles. The zero-order chi connectivity index (χ0) is 11.6. The van der Waals surface area contributed by atoms with Gasteiger partial charge in [-0.05, 0) is 6.08 Å². The van der Waals surface area contributed by atoms with E-state index in [1.807, 2.05) is 0 Å². The van der Waals surface area contributed by atoms with Gasteiger partial charge in [-0.3, -0.25) is 10.1 Å². The lowest BCUT2D eigenvalue weighted by Gasteiger charge is -2.34. The number of rotatable bonds is 3. The molecule has 2 heterocycles. The molecule has 0 aliphatic carbocycles. The molecule has 0 radical (unpaired) electrons. The number of ether oxygens (including phenoxy) is 1. The summed E-state index contributed by atoms with van der Waals surface area (Å²) in [6.45, 7) is 0.0729. The Bertz CT molecular complexity index is 330. The van der Waals surface area contributed by atoms with E-state index in [0.29, 0.717) is 13.0 Å². The van der Waals surface area contributed by atoms with Gasteiger partial charge < -0.3 is 9.84 Å². The Morgan fingerprint density at radius 3 is 3.06 bits per heavy atom. The first-order valence-corrected chi connectivity index (χ1v) is 5.13. The van der Waals surface area contributed by atoms with Gasteiger partial charge in [-0.1, -0.05) is 0 Å². The third-order valence-corrected chi connectivity index (χ3v) is 3.04. The molecule has 2 aliphatic heterocycles. The van der Waals surface area contributed by atoms with Crippen molar-refractivity contribution in [2.24, 2.45) is 10.2 Å². The van der Waals surface area contributed by atoms with E-state index in [0.717, 1.165) is 0 Å². The normalized spacial score (nSPS) is 37.8. The minimum atomic E-state index is -0.922. The van der Waals surface area contributed by atoms with Gasteiger partial charge in [0.05, 0.1) is 19.3 Å². The second kappa shape index (κ2) is 4.26. The molecule has 16 heavy (non-hydrogen) atoms. The largest absolute Gasteiger partial charge is 0.393 e. The quantitative estimate of drug-likeness (QED) is 0.561. The number of aliphatic hydroxyl groups is 1. The van der Waals surface area contributed by atoms with Gasteiger partial charge in [-0.15, -0.1) is 0 Å². The van der Waals surface area contributed by atoms with Gasteiger partial charge >= 0.3 is 0 Å². The molecule has 0 saturated carbocycles. The summed E-state index contributed by atoms with van der Waals surface area (Å²) in [5.41, 5.74) is -0.922. The fraction of sp³-hybridized carbons (Fsp3) is 0.778. The molecular weight excluding hydrogens is 214 g/mol. The Balaban J connectivity index is 2.12. The third-order valence-electron chi connectivity index (χ3n) is 3.04. The van der Waals surface area contributed by atoms with Crippen LogP contribution in [-0.4, -0.2) is 40.9 Å². The predicted octanol–water partition coefficient (Wildman–Crippen LogP) is 0.521. The summed E-state index contributed by atoms with van der Waals surface area (Å²) in [5, 5.41) is 27.7. The summed E-state index contributed by atoms with van der Waals surface area (Å²) in [4.78, 5) is 10.4. The fourth-order valence-corrected chi connectivity index (χ4v) is 2.01. The van der Waals surface area contributed by atoms with Crippen LogP contribution in [-0.2, 0) is 4.74 Å². The monoisotopic (exact) mass is 227 g/mol. The van der Waals surface area contributed by atoms with Crippen molar-refractivity contribution >= 4 is 0 Å². The minimum absolute atomic E-state index is 0.248. The van der Waals surface area contributed by atoms with Gasteiger partial charge in [-0.25, -0.2) is 0 Å². The van der Waals surface area contributed by atoms with Crippen LogP contribution in [0.5, 0.6) is 0 Å². The van der Waals surface area contributed by atoms with E-state index in [4.69, 9.17) is 4.74 Å². The van der Waals surface area contributed by atoms with Gasteiger partial charge in [0, 0.05) is 24.0 Å². The first-order chi connectivity index (χ1) is 7.68. The molecule has 88 valence electrons. The van der Waals surface area contributed by atoms with Crippen LogP contribution in [0, 0.1) is 10.1 Å². The molecule has 1 saturated heterocycles. The predicted molar refractivity (Wildman–Crippen MR) is 53.6 cm³/mol. The molecule has 0 bridgehead atoms. The Morgan fingerprint density at radius 2 is 2.50 bits per heavy atom. The second-order valence-electron chi connectivity index (χ2n) is 4.00. The Morgan fingerprint density at radius 1 is 1.69 bits per heavy atom. The van der Waals surface area contributed by atoms with E-state index in [1.165, 1.54) is 6.20 Å². The smallest absolute Gasteiger partial charge is 0.217 e. The van der Waals surface area contributed by atoms with Crippen LogP contribution in [0.1, 0.15) is 12.8 Å². The molecule has 7 nitrogen and oxygen atoms in total. The van der Waals surface area contributed by atoms with E-state index >= 15 is 0 Å². The number of hydrogen-bond donors (Lipinski definition) is 1. The summed E-state index contributed by atoms with van der Waals surface area (Å²) in [6.07, 6.45) is 3.32. The van der Waals surface area contributed by atoms with Gasteiger partial charge in [0.15, 0.2) is 5.54 Å². The zero-order valence-electron chi connectivity index (χ0n) is 8.65. The maximum absolute atomic E-state index is 10.7. The van der Waals surface area contributed by atoms with Crippen molar-refractivity contribution in [2.75, 3.05) is 13.2 Å². The number of aliphatic hydroxyl groups excluding tert-OH is 1. The molecule has 1 N–H and O–H groups in total. The van der Waals surface area contributed by atoms with Crippen molar-refractivity contribution in [3.8, 4) is 0 Å². The summed E-state index contributed by atoms with van der Waals surface area (Å²) >= 11 is 0. The molecule has 2 aliphatic rings. The first-order valence-electron chi connectivity index (χ1n) is 5.13. The van der Waals surface area contributed by atoms with E-state index in [9.17, 15) is 15.2 Å². The molecule has 0 aromatic rings. The number of hydrogen-bond acceptors (Lipinski definition) is 6. The lowest BCUT2D eigenvalue weighted by molar-refractivity contribution is -0.531. The van der Waals surface area contributed by atoms with Crippen LogP contribution in [0.4, 0.5) is 0 Å². The topological polar surface area (TPSA) is 97.3 Å². The molecular formula is C9H13N3O4. The highest BCUT2D eigenvalue weighted by Gasteiger charge is 2.45. The molecule has 2 unspecified atom stereocenters. The minimum Gasteiger partial charge on any atom is -0.393 e. The average Bonchev–Trinajstić information content (AvgIpc) is 2.79. The maximum Gasteiger partial charge on any atom is 0.217 e. The summed E-state index contributed by atoms with van der Waals surface area (Å²) in [6, 6.07) is -0.619. The van der Waals surface area contributed by atoms with Crippen molar-refractivity contribution in [3.05, 3.63) is 22.4 Å². The van der Waals surface area contributed by atoms with Crippen molar-refractivity contribution in [1.82, 2.24) is 0 Å². The molecule has 0 amide bonds. The highest BCUT2D eigenvalue weighted by atomic mass is 16.6. The summed E-state index contributed by atoms with van der Waals surface area (Å²) in [5.74, 6) is 0. The van der Waals surface area contributed by atoms with Crippen molar-refractivity contribution in [2.45, 2.75) is 30.5 Å². The Kier molecular flexibility index (Phi) is 2.97. The van der Waals surface area contributed by atoms with Crippen molar-refractivity contribution < 1.29 is 14.8 Å². The molecule has 0 aromatic heterocycles. The van der Waals surface area contributed by atoms with E-state index in [2.05, 4.69) is 10.2 Å². The van der Waals surface area contributed by atoms with Crippen molar-refractivity contribution in [3.63, 3.8) is 0 Å². The number of nitrogens with zero attached hydrogens (tertiary/aromatic N) is 3. The number of nitro groups is 1. The Labute approximate surface area is 92.0 Å². The maximum atomic E-state index is 10.7. The number of azo groups is 1. The third kappa shape index (κ3) is 1.83. The van der Waals surface area contributed by atoms with Crippen LogP contribution < -0.4 is 0 Å². The van der Waals surface area contributed by atoms with Gasteiger partial charge in [0.25, 0.3) is 0 Å². The second-order valence-corrected chi connectivity index (χ2v) is 4.00. The standard InChI is InChI=1S/C9H13N3O4/c13-6-9(2-3-10-11-9)8-5-7(12(14)15)1-4-16-8/h2-3,7-8,13H,1,4-6H2/t7-,8?,9?/m1/s1. The first kappa shape index (κ1) is 11.2. The highest BCUT2D eigenvalue weighted by molar-refractivity contribution is 5.15. The van der Waals surface area contributed by atoms with Gasteiger partial charge in [0.1, 0.15) is 0 Å². The fourth-order valence-electron chi connectivity index (χ4n) is 2.01. The molecule has 3 atom stereocenters. The SMILES string of the molecule is O=[N+]([O-])[C@@H]1CCOC(C2(CO)C=CN=N2)C1. The van der Waals surface area contributed by atoms with Crippen LogP contribution in [0.15, 0.2) is 22.5 Å². The van der Waals surface area contributed by atoms with E-state index < -0.39 is 17.7 Å². The van der Waals surface area contributed by atoms with Gasteiger partial charge in [0.2, 0.25) is 6.04 Å². The van der Waals surface area contributed by atoms with Crippen LogP contribution in [0.2, 0.25) is 0 Å². The van der Waals surface area contributed by atoms with Crippen LogP contribution in [0.3, 0.4) is 0 Å². The van der Waals surface area contributed by atoms with E-state index in [1.54, 1.807) is 6.08 Å². The summed E-state index contributed by atoms with van der Waals surface area (Å²) in [7, 11) is 0. The highest BCUT2D eigenvalue weighted by Crippen LogP contribution is 2.32. The van der Waals surface area contributed by atoms with E-state index in [-0.39, 0.29) is 18.0 Å². The molecule has 0 spiro atoms. The van der Waals surface area contributed by atoms with Crippen molar-refractivity contribution in [1.29, 1.82) is 0 Å². The molecule has 2 rings (SSSR count).